The number of hydrogen-bond donors (Lipinski definition) is 1. The van der Waals surface area contributed by atoms with Crippen LogP contribution in [0.25, 0.3) is 0 Å². The molecule has 19 heavy (non-hydrogen) atoms. The maximum absolute atomic E-state index is 13.5. The number of halogens is 1. The molecule has 2 aliphatic rings. The highest BCUT2D eigenvalue weighted by molar-refractivity contribution is 5.55. The lowest BCUT2D eigenvalue weighted by molar-refractivity contribution is 0.619. The maximum atomic E-state index is 13.5. The monoisotopic (exact) mass is 262 g/mol. The molecule has 2 nitrogen and oxygen atoms in total. The number of nitrogens with one attached hydrogen (secondary N) is 1. The number of hydrogen-bond acceptors (Lipinski definition) is 2. The normalized spacial score (nSPS) is 18.6. The Kier molecular flexibility index (Phi) is 3.74. The minimum Gasteiger partial charge on any atom is -0.368 e. The molecule has 0 amide bonds. The first-order chi connectivity index (χ1) is 9.28. The van der Waals surface area contributed by atoms with Gasteiger partial charge in [0.25, 0.3) is 0 Å². The first-order valence-corrected chi connectivity index (χ1v) is 7.53. The molecule has 1 aromatic carbocycles. The van der Waals surface area contributed by atoms with Crippen molar-refractivity contribution in [3.05, 3.63) is 29.6 Å². The van der Waals surface area contributed by atoms with Gasteiger partial charge in [-0.1, -0.05) is 6.92 Å². The van der Waals surface area contributed by atoms with Gasteiger partial charge in [-0.05, 0) is 61.9 Å². The van der Waals surface area contributed by atoms with Crippen molar-refractivity contribution in [2.75, 3.05) is 18.0 Å². The van der Waals surface area contributed by atoms with Crippen molar-refractivity contribution < 1.29 is 4.39 Å². The van der Waals surface area contributed by atoms with E-state index in [0.717, 1.165) is 31.1 Å². The average molecular weight is 262 g/mol. The lowest BCUT2D eigenvalue weighted by Crippen LogP contribution is -2.29. The van der Waals surface area contributed by atoms with Crippen LogP contribution >= 0.6 is 0 Å². The summed E-state index contributed by atoms with van der Waals surface area (Å²) in [5.41, 5.74) is 2.35. The van der Waals surface area contributed by atoms with Gasteiger partial charge in [0.2, 0.25) is 0 Å². The van der Waals surface area contributed by atoms with E-state index < -0.39 is 0 Å². The molecule has 0 saturated heterocycles. The Morgan fingerprint density at radius 3 is 2.68 bits per heavy atom. The lowest BCUT2D eigenvalue weighted by atomic mass is 10.1. The molecule has 2 fully saturated rings. The Bertz CT molecular complexity index is 438. The molecular formula is C16H23FN2. The van der Waals surface area contributed by atoms with Crippen LogP contribution in [0.4, 0.5) is 10.1 Å². The summed E-state index contributed by atoms with van der Waals surface area (Å²) < 4.78 is 13.5. The predicted octanol–water partition coefficient (Wildman–Crippen LogP) is 3.31. The Morgan fingerprint density at radius 2 is 2.05 bits per heavy atom. The molecule has 2 saturated carbocycles. The van der Waals surface area contributed by atoms with Crippen molar-refractivity contribution in [1.82, 2.24) is 5.32 Å². The van der Waals surface area contributed by atoms with Crippen LogP contribution in [0.2, 0.25) is 0 Å². The van der Waals surface area contributed by atoms with E-state index in [1.807, 2.05) is 6.07 Å². The van der Waals surface area contributed by atoms with Gasteiger partial charge in [-0.25, -0.2) is 4.39 Å². The largest absolute Gasteiger partial charge is 0.368 e. The quantitative estimate of drug-likeness (QED) is 0.811. The second-order valence-electron chi connectivity index (χ2n) is 5.88. The van der Waals surface area contributed by atoms with Gasteiger partial charge in [0.15, 0.2) is 0 Å². The molecule has 3 heteroatoms. The van der Waals surface area contributed by atoms with Crippen LogP contribution in [0.15, 0.2) is 18.2 Å². The lowest BCUT2D eigenvalue weighted by Gasteiger charge is -2.27. The van der Waals surface area contributed by atoms with Crippen molar-refractivity contribution in [3.8, 4) is 0 Å². The molecule has 0 atom stereocenters. The molecule has 3 rings (SSSR count). The van der Waals surface area contributed by atoms with Crippen molar-refractivity contribution in [2.24, 2.45) is 5.92 Å². The van der Waals surface area contributed by atoms with E-state index in [1.165, 1.54) is 31.4 Å². The second-order valence-corrected chi connectivity index (χ2v) is 5.88. The zero-order chi connectivity index (χ0) is 13.2. The van der Waals surface area contributed by atoms with Crippen molar-refractivity contribution in [2.45, 2.75) is 45.2 Å². The van der Waals surface area contributed by atoms with E-state index in [2.05, 4.69) is 17.1 Å². The minimum absolute atomic E-state index is 0.126. The SMILES string of the molecule is CCNCc1cc(F)ccc1N(CC1CC1)C1CC1. The standard InChI is InChI=1S/C16H23FN2/c1-2-18-10-13-9-14(17)5-8-16(13)19(15-6-7-15)11-12-3-4-12/h5,8-9,12,15,18H,2-4,6-7,10-11H2,1H3. The maximum Gasteiger partial charge on any atom is 0.123 e. The van der Waals surface area contributed by atoms with Crippen LogP contribution in [0.1, 0.15) is 38.2 Å². The van der Waals surface area contributed by atoms with Crippen molar-refractivity contribution >= 4 is 5.69 Å². The summed E-state index contributed by atoms with van der Waals surface area (Å²) >= 11 is 0. The third kappa shape index (κ3) is 3.27. The highest BCUT2D eigenvalue weighted by atomic mass is 19.1. The van der Waals surface area contributed by atoms with Gasteiger partial charge >= 0.3 is 0 Å². The van der Waals surface area contributed by atoms with Gasteiger partial charge in [0, 0.05) is 24.8 Å². The molecule has 0 radical (unpaired) electrons. The smallest absolute Gasteiger partial charge is 0.123 e. The number of benzene rings is 1. The van der Waals surface area contributed by atoms with E-state index >= 15 is 0 Å². The first kappa shape index (κ1) is 12.9. The molecule has 0 unspecified atom stereocenters. The average Bonchev–Trinajstić information content (AvgIpc) is 3.27. The summed E-state index contributed by atoms with van der Waals surface area (Å²) in [5, 5.41) is 3.32. The predicted molar refractivity (Wildman–Crippen MR) is 76.9 cm³/mol. The third-order valence-electron chi connectivity index (χ3n) is 4.06. The van der Waals surface area contributed by atoms with Crippen LogP contribution in [-0.4, -0.2) is 19.1 Å². The third-order valence-corrected chi connectivity index (χ3v) is 4.06. The molecule has 0 aromatic heterocycles. The summed E-state index contributed by atoms with van der Waals surface area (Å²) in [6, 6.07) is 5.97. The van der Waals surface area contributed by atoms with Crippen LogP contribution in [-0.2, 0) is 6.54 Å². The van der Waals surface area contributed by atoms with Gasteiger partial charge in [-0.3, -0.25) is 0 Å². The zero-order valence-corrected chi connectivity index (χ0v) is 11.7. The van der Waals surface area contributed by atoms with Crippen LogP contribution in [0.5, 0.6) is 0 Å². The molecule has 1 aromatic rings. The van der Waals surface area contributed by atoms with Gasteiger partial charge in [0.05, 0.1) is 0 Å². The fourth-order valence-electron chi connectivity index (χ4n) is 2.64. The van der Waals surface area contributed by atoms with Crippen molar-refractivity contribution in [1.29, 1.82) is 0 Å². The van der Waals surface area contributed by atoms with Gasteiger partial charge in [-0.2, -0.15) is 0 Å². The van der Waals surface area contributed by atoms with E-state index in [-0.39, 0.29) is 5.82 Å². The van der Waals surface area contributed by atoms with Gasteiger partial charge in [0.1, 0.15) is 5.82 Å². The summed E-state index contributed by atoms with van der Waals surface area (Å²) in [6.07, 6.45) is 5.33. The first-order valence-electron chi connectivity index (χ1n) is 7.53. The number of nitrogens with zero attached hydrogens (tertiary/aromatic N) is 1. The van der Waals surface area contributed by atoms with Crippen LogP contribution in [0.3, 0.4) is 0 Å². The van der Waals surface area contributed by atoms with Gasteiger partial charge in [-0.15, -0.1) is 0 Å². The number of rotatable bonds is 7. The Morgan fingerprint density at radius 1 is 1.26 bits per heavy atom. The van der Waals surface area contributed by atoms with E-state index in [4.69, 9.17) is 0 Å². The highest BCUT2D eigenvalue weighted by Gasteiger charge is 2.34. The zero-order valence-electron chi connectivity index (χ0n) is 11.7. The van der Waals surface area contributed by atoms with Crippen LogP contribution in [0, 0.1) is 11.7 Å². The topological polar surface area (TPSA) is 15.3 Å². The molecule has 0 bridgehead atoms. The Balaban J connectivity index is 1.82. The van der Waals surface area contributed by atoms with E-state index in [9.17, 15) is 4.39 Å². The molecule has 1 N–H and O–H groups in total. The Hall–Kier alpha value is -1.09. The number of anilines is 1. The van der Waals surface area contributed by atoms with Gasteiger partial charge < -0.3 is 10.2 Å². The molecular weight excluding hydrogens is 239 g/mol. The van der Waals surface area contributed by atoms with E-state index in [1.54, 1.807) is 12.1 Å². The summed E-state index contributed by atoms with van der Waals surface area (Å²) in [5.74, 6) is 0.747. The van der Waals surface area contributed by atoms with Crippen molar-refractivity contribution in [3.63, 3.8) is 0 Å². The molecule has 0 spiro atoms. The second kappa shape index (κ2) is 5.49. The highest BCUT2D eigenvalue weighted by Crippen LogP contribution is 2.39. The summed E-state index contributed by atoms with van der Waals surface area (Å²) in [7, 11) is 0. The molecule has 0 heterocycles. The molecule has 104 valence electrons. The summed E-state index contributed by atoms with van der Waals surface area (Å²) in [6.45, 7) is 4.93. The molecule has 2 aliphatic carbocycles. The fourth-order valence-corrected chi connectivity index (χ4v) is 2.64. The Labute approximate surface area is 115 Å². The fraction of sp³-hybridized carbons (Fsp3) is 0.625. The van der Waals surface area contributed by atoms with Crippen LogP contribution < -0.4 is 10.2 Å². The minimum atomic E-state index is -0.126. The summed E-state index contributed by atoms with van der Waals surface area (Å²) in [4.78, 5) is 2.53. The van der Waals surface area contributed by atoms with E-state index in [0.29, 0.717) is 6.04 Å². The molecule has 0 aliphatic heterocycles.